The summed E-state index contributed by atoms with van der Waals surface area (Å²) >= 11 is 0. The molecule has 7 heteroatoms. The van der Waals surface area contributed by atoms with E-state index in [9.17, 15) is 4.79 Å². The summed E-state index contributed by atoms with van der Waals surface area (Å²) in [4.78, 5) is 30.1. The first-order chi connectivity index (χ1) is 16.9. The van der Waals surface area contributed by atoms with Crippen LogP contribution in [0.5, 0.6) is 0 Å². The maximum Gasteiger partial charge on any atom is 0.260 e. The van der Waals surface area contributed by atoms with E-state index in [1.54, 1.807) is 7.05 Å². The van der Waals surface area contributed by atoms with Crippen molar-refractivity contribution in [1.29, 1.82) is 0 Å². The minimum atomic E-state index is 0.0149. The highest BCUT2D eigenvalue weighted by atomic mass is 16.1. The van der Waals surface area contributed by atoms with Crippen LogP contribution in [0.1, 0.15) is 11.3 Å². The van der Waals surface area contributed by atoms with Crippen molar-refractivity contribution in [2.24, 2.45) is 17.8 Å². The number of nitrogens with zero attached hydrogens (tertiary/aromatic N) is 5. The predicted octanol–water partition coefficient (Wildman–Crippen LogP) is 3.99. The Morgan fingerprint density at radius 1 is 1.03 bits per heavy atom. The maximum atomic E-state index is 13.9. The topological polar surface area (TPSA) is 75.9 Å². The quantitative estimate of drug-likeness (QED) is 0.479. The minimum absolute atomic E-state index is 0.0149. The van der Waals surface area contributed by atoms with E-state index in [0.717, 1.165) is 46.6 Å². The van der Waals surface area contributed by atoms with Crippen molar-refractivity contribution < 1.29 is 0 Å². The predicted molar refractivity (Wildman–Crippen MR) is 139 cm³/mol. The SMILES string of the molecule is CNc1ncc2cc(-c3ccc(-c4cccc(C)n4)cc3C)c(=O)n(CC3C4CN(C)CC43)c2n1. The van der Waals surface area contributed by atoms with Crippen LogP contribution in [0.25, 0.3) is 33.4 Å². The van der Waals surface area contributed by atoms with E-state index in [0.29, 0.717) is 41.5 Å². The van der Waals surface area contributed by atoms with E-state index in [2.05, 4.69) is 51.3 Å². The number of nitrogens with one attached hydrogen (secondary N) is 1. The Morgan fingerprint density at radius 3 is 2.54 bits per heavy atom. The fourth-order valence-corrected chi connectivity index (χ4v) is 5.81. The van der Waals surface area contributed by atoms with E-state index < -0.39 is 0 Å². The molecule has 1 aromatic carbocycles. The molecular weight excluding hydrogens is 436 g/mol. The molecule has 1 aliphatic carbocycles. The third-order valence-corrected chi connectivity index (χ3v) is 7.70. The molecule has 4 heterocycles. The zero-order chi connectivity index (χ0) is 24.3. The molecule has 0 bridgehead atoms. The van der Waals surface area contributed by atoms with Crippen LogP contribution in [0.3, 0.4) is 0 Å². The van der Waals surface area contributed by atoms with Gasteiger partial charge in [0.15, 0.2) is 0 Å². The largest absolute Gasteiger partial charge is 0.357 e. The van der Waals surface area contributed by atoms with E-state index >= 15 is 0 Å². The molecule has 3 aromatic heterocycles. The summed E-state index contributed by atoms with van der Waals surface area (Å²) in [5, 5.41) is 3.89. The highest BCUT2D eigenvalue weighted by molar-refractivity contribution is 5.83. The number of likely N-dealkylation sites (tertiary alicyclic amines) is 1. The number of hydrogen-bond donors (Lipinski definition) is 1. The molecule has 1 N–H and O–H groups in total. The molecule has 35 heavy (non-hydrogen) atoms. The maximum absolute atomic E-state index is 13.9. The summed E-state index contributed by atoms with van der Waals surface area (Å²) in [6, 6.07) is 14.2. The average Bonchev–Trinajstić information content (AvgIpc) is 3.30. The van der Waals surface area contributed by atoms with E-state index in [-0.39, 0.29) is 5.56 Å². The van der Waals surface area contributed by atoms with Crippen molar-refractivity contribution in [3.63, 3.8) is 0 Å². The van der Waals surface area contributed by atoms with Crippen LogP contribution >= 0.6 is 0 Å². The first-order valence-corrected chi connectivity index (χ1v) is 12.2. The van der Waals surface area contributed by atoms with Gasteiger partial charge in [-0.1, -0.05) is 18.2 Å². The van der Waals surface area contributed by atoms with Gasteiger partial charge in [0.25, 0.3) is 5.56 Å². The first kappa shape index (κ1) is 21.9. The number of fused-ring (bicyclic) bond motifs is 2. The third-order valence-electron chi connectivity index (χ3n) is 7.70. The van der Waals surface area contributed by atoms with E-state index in [1.807, 2.05) is 48.0 Å². The van der Waals surface area contributed by atoms with Gasteiger partial charge in [-0.3, -0.25) is 14.3 Å². The Hall–Kier alpha value is -3.58. The molecule has 1 saturated carbocycles. The summed E-state index contributed by atoms with van der Waals surface area (Å²) in [6.07, 6.45) is 1.81. The summed E-state index contributed by atoms with van der Waals surface area (Å²) < 4.78 is 1.89. The molecule has 0 amide bonds. The molecule has 4 aromatic rings. The van der Waals surface area contributed by atoms with Gasteiger partial charge >= 0.3 is 0 Å². The Balaban J connectivity index is 1.45. The lowest BCUT2D eigenvalue weighted by Gasteiger charge is -2.17. The van der Waals surface area contributed by atoms with Gasteiger partial charge in [-0.15, -0.1) is 0 Å². The molecule has 6 rings (SSSR count). The first-order valence-electron chi connectivity index (χ1n) is 12.2. The van der Waals surface area contributed by atoms with Gasteiger partial charge in [0.2, 0.25) is 5.95 Å². The number of benzene rings is 1. The van der Waals surface area contributed by atoms with Crippen LogP contribution in [0.4, 0.5) is 5.95 Å². The van der Waals surface area contributed by atoms with Gasteiger partial charge in [-0.05, 0) is 74.0 Å². The molecule has 0 spiro atoms. The molecule has 2 atom stereocenters. The summed E-state index contributed by atoms with van der Waals surface area (Å²) in [7, 11) is 3.98. The van der Waals surface area contributed by atoms with E-state index in [4.69, 9.17) is 0 Å². The lowest BCUT2D eigenvalue weighted by atomic mass is 9.97. The normalized spacial score (nSPS) is 21.3. The molecular formula is C28H30N6O. The van der Waals surface area contributed by atoms with Crippen LogP contribution in [0.15, 0.2) is 53.5 Å². The molecule has 178 valence electrons. The monoisotopic (exact) mass is 466 g/mol. The fourth-order valence-electron chi connectivity index (χ4n) is 5.81. The van der Waals surface area contributed by atoms with Crippen molar-refractivity contribution in [1.82, 2.24) is 24.4 Å². The second-order valence-electron chi connectivity index (χ2n) is 10.1. The van der Waals surface area contributed by atoms with Crippen LogP contribution in [0.2, 0.25) is 0 Å². The summed E-state index contributed by atoms with van der Waals surface area (Å²) in [5.74, 6) is 2.42. The van der Waals surface area contributed by atoms with Gasteiger partial charge in [-0.25, -0.2) is 4.98 Å². The van der Waals surface area contributed by atoms with E-state index in [1.165, 1.54) is 0 Å². The van der Waals surface area contributed by atoms with Crippen LogP contribution < -0.4 is 10.9 Å². The van der Waals surface area contributed by atoms with Gasteiger partial charge in [0, 0.05) is 55.1 Å². The van der Waals surface area contributed by atoms with Gasteiger partial charge in [0.05, 0.1) is 5.69 Å². The number of anilines is 1. The zero-order valence-electron chi connectivity index (χ0n) is 20.6. The Bertz CT molecular complexity index is 1500. The molecule has 2 aliphatic rings. The van der Waals surface area contributed by atoms with Crippen LogP contribution in [-0.4, -0.2) is 51.6 Å². The van der Waals surface area contributed by atoms with Crippen molar-refractivity contribution in [2.45, 2.75) is 20.4 Å². The third kappa shape index (κ3) is 3.80. The number of aryl methyl sites for hydroxylation is 2. The van der Waals surface area contributed by atoms with Crippen molar-refractivity contribution in [2.75, 3.05) is 32.5 Å². The second kappa shape index (κ2) is 8.27. The Morgan fingerprint density at radius 2 is 1.83 bits per heavy atom. The smallest absolute Gasteiger partial charge is 0.260 e. The number of aromatic nitrogens is 4. The zero-order valence-corrected chi connectivity index (χ0v) is 20.6. The second-order valence-corrected chi connectivity index (χ2v) is 10.1. The standard InChI is InChI=1S/C28H30N6O/c1-16-10-18(25-7-5-6-17(2)31-25)8-9-20(16)21-11-19-12-30-28(29-3)32-26(19)34(27(21)35)15-24-22-13-33(4)14-23(22)24/h5-12,22-24H,13-15H2,1-4H3,(H,29,30,32). The molecule has 1 saturated heterocycles. The molecule has 2 fully saturated rings. The van der Waals surface area contributed by atoms with Crippen molar-refractivity contribution in [3.05, 3.63) is 70.3 Å². The molecule has 2 unspecified atom stereocenters. The Labute approximate surface area is 204 Å². The van der Waals surface area contributed by atoms with Crippen LogP contribution in [-0.2, 0) is 6.54 Å². The summed E-state index contributed by atoms with van der Waals surface area (Å²) in [5.41, 5.74) is 6.38. The van der Waals surface area contributed by atoms with Crippen molar-refractivity contribution in [3.8, 4) is 22.4 Å². The minimum Gasteiger partial charge on any atom is -0.357 e. The molecule has 7 nitrogen and oxygen atoms in total. The van der Waals surface area contributed by atoms with Gasteiger partial charge < -0.3 is 10.2 Å². The average molecular weight is 467 g/mol. The van der Waals surface area contributed by atoms with Gasteiger partial charge in [-0.2, -0.15) is 4.98 Å². The number of piperidine rings is 1. The van der Waals surface area contributed by atoms with Gasteiger partial charge in [0.1, 0.15) is 5.65 Å². The summed E-state index contributed by atoms with van der Waals surface area (Å²) in [6.45, 7) is 7.00. The number of hydrogen-bond acceptors (Lipinski definition) is 6. The number of rotatable bonds is 5. The molecule has 1 aliphatic heterocycles. The fraction of sp³-hybridized carbons (Fsp3) is 0.357. The number of pyridine rings is 2. The molecule has 0 radical (unpaired) electrons. The Kier molecular flexibility index (Phi) is 5.18. The van der Waals surface area contributed by atoms with Crippen molar-refractivity contribution >= 4 is 17.0 Å². The lowest BCUT2D eigenvalue weighted by molar-refractivity contribution is 0.332. The lowest BCUT2D eigenvalue weighted by Crippen LogP contribution is -2.27. The van der Waals surface area contributed by atoms with Crippen LogP contribution in [0, 0.1) is 31.6 Å². The highest BCUT2D eigenvalue weighted by Crippen LogP contribution is 2.52. The highest BCUT2D eigenvalue weighted by Gasteiger charge is 2.54.